The summed E-state index contributed by atoms with van der Waals surface area (Å²) in [7, 11) is 4.03. The van der Waals surface area contributed by atoms with Gasteiger partial charge in [-0.25, -0.2) is 0 Å². The van der Waals surface area contributed by atoms with Crippen LogP contribution in [0.25, 0.3) is 17.3 Å². The lowest BCUT2D eigenvalue weighted by molar-refractivity contribution is 1.06. The van der Waals surface area contributed by atoms with Gasteiger partial charge < -0.3 is 9.47 Å². The lowest BCUT2D eigenvalue weighted by Gasteiger charge is -2.14. The fraction of sp³-hybridized carbons (Fsp3) is 0.0952. The zero-order valence-corrected chi connectivity index (χ0v) is 14.9. The highest BCUT2D eigenvalue weighted by molar-refractivity contribution is 6.30. The van der Waals surface area contributed by atoms with Crippen molar-refractivity contribution in [2.75, 3.05) is 19.0 Å². The first-order chi connectivity index (χ1) is 12.1. The lowest BCUT2D eigenvalue weighted by atomic mass is 10.1. The number of nitriles is 1. The zero-order chi connectivity index (χ0) is 17.8. The van der Waals surface area contributed by atoms with Crippen molar-refractivity contribution in [2.24, 2.45) is 0 Å². The summed E-state index contributed by atoms with van der Waals surface area (Å²) in [5, 5.41) is 10.2. The van der Waals surface area contributed by atoms with Crippen molar-refractivity contribution in [3.8, 4) is 11.8 Å². The maximum absolute atomic E-state index is 9.55. The second-order valence-electron chi connectivity index (χ2n) is 5.89. The molecule has 0 aliphatic rings. The first kappa shape index (κ1) is 16.9. The minimum atomic E-state index is 0.576. The minimum absolute atomic E-state index is 0.576. The summed E-state index contributed by atoms with van der Waals surface area (Å²) < 4.78 is 2.06. The van der Waals surface area contributed by atoms with Crippen molar-refractivity contribution in [3.63, 3.8) is 0 Å². The Bertz CT molecular complexity index is 944. The standard InChI is InChI=1S/C21H18ClN3/c1-24(2)19-8-10-20(11-9-19)25-12-4-7-21(25)14-17(15-23)16-5-3-6-18(22)13-16/h3-14H,1-2H3/b17-14-. The Labute approximate surface area is 153 Å². The zero-order valence-electron chi connectivity index (χ0n) is 14.1. The van der Waals surface area contributed by atoms with Crippen molar-refractivity contribution in [1.29, 1.82) is 5.26 Å². The highest BCUT2D eigenvalue weighted by Crippen LogP contribution is 2.23. The van der Waals surface area contributed by atoms with Crippen molar-refractivity contribution in [3.05, 3.63) is 83.1 Å². The highest BCUT2D eigenvalue weighted by atomic mass is 35.5. The Balaban J connectivity index is 1.99. The van der Waals surface area contributed by atoms with Gasteiger partial charge in [-0.1, -0.05) is 23.7 Å². The molecule has 1 heterocycles. The molecule has 0 spiro atoms. The molecule has 0 saturated heterocycles. The molecule has 3 rings (SSSR count). The van der Waals surface area contributed by atoms with Gasteiger partial charge >= 0.3 is 0 Å². The number of hydrogen-bond donors (Lipinski definition) is 0. The van der Waals surface area contributed by atoms with Gasteiger partial charge in [0.2, 0.25) is 0 Å². The van der Waals surface area contributed by atoms with Gasteiger partial charge in [0.25, 0.3) is 0 Å². The summed E-state index contributed by atoms with van der Waals surface area (Å²) in [4.78, 5) is 2.06. The molecule has 0 atom stereocenters. The first-order valence-electron chi connectivity index (χ1n) is 7.91. The summed E-state index contributed by atoms with van der Waals surface area (Å²) in [5.74, 6) is 0. The molecule has 1 aromatic heterocycles. The molecule has 4 heteroatoms. The van der Waals surface area contributed by atoms with Gasteiger partial charge in [-0.05, 0) is 60.2 Å². The minimum Gasteiger partial charge on any atom is -0.378 e. The van der Waals surface area contributed by atoms with E-state index < -0.39 is 0 Å². The van der Waals surface area contributed by atoms with Crippen LogP contribution in [0.15, 0.2) is 66.9 Å². The Kier molecular flexibility index (Phi) is 4.92. The maximum Gasteiger partial charge on any atom is 0.0998 e. The third-order valence-electron chi connectivity index (χ3n) is 3.97. The number of anilines is 1. The molecular formula is C21H18ClN3. The molecule has 3 nitrogen and oxygen atoms in total. The van der Waals surface area contributed by atoms with Crippen LogP contribution in [0.3, 0.4) is 0 Å². The molecule has 25 heavy (non-hydrogen) atoms. The van der Waals surface area contributed by atoms with E-state index in [-0.39, 0.29) is 0 Å². The fourth-order valence-electron chi connectivity index (χ4n) is 2.64. The van der Waals surface area contributed by atoms with E-state index in [1.807, 2.05) is 50.6 Å². The van der Waals surface area contributed by atoms with Crippen LogP contribution in [-0.2, 0) is 0 Å². The number of halogens is 1. The van der Waals surface area contributed by atoms with Crippen LogP contribution in [0, 0.1) is 11.3 Å². The van der Waals surface area contributed by atoms with Crippen LogP contribution in [-0.4, -0.2) is 18.7 Å². The number of aromatic nitrogens is 1. The van der Waals surface area contributed by atoms with Gasteiger partial charge in [0.15, 0.2) is 0 Å². The molecule has 0 unspecified atom stereocenters. The van der Waals surface area contributed by atoms with Gasteiger partial charge in [0.1, 0.15) is 0 Å². The third-order valence-corrected chi connectivity index (χ3v) is 4.21. The van der Waals surface area contributed by atoms with Crippen molar-refractivity contribution < 1.29 is 0 Å². The van der Waals surface area contributed by atoms with Gasteiger partial charge in [0.05, 0.1) is 11.6 Å². The molecule has 0 bridgehead atoms. The van der Waals surface area contributed by atoms with Crippen LogP contribution in [0.4, 0.5) is 5.69 Å². The predicted octanol–water partition coefficient (Wildman–Crippen LogP) is 5.26. The molecule has 3 aromatic rings. The quantitative estimate of drug-likeness (QED) is 0.603. The van der Waals surface area contributed by atoms with E-state index in [0.29, 0.717) is 10.6 Å². The highest BCUT2D eigenvalue weighted by Gasteiger charge is 2.06. The molecular weight excluding hydrogens is 330 g/mol. The van der Waals surface area contributed by atoms with Crippen LogP contribution in [0.2, 0.25) is 5.02 Å². The summed E-state index contributed by atoms with van der Waals surface area (Å²) in [5.41, 5.74) is 4.52. The molecule has 0 aliphatic carbocycles. The van der Waals surface area contributed by atoms with E-state index in [4.69, 9.17) is 11.6 Å². The summed E-state index contributed by atoms with van der Waals surface area (Å²) >= 11 is 6.05. The molecule has 0 radical (unpaired) electrons. The summed E-state index contributed by atoms with van der Waals surface area (Å²) in [6.07, 6.45) is 3.87. The fourth-order valence-corrected chi connectivity index (χ4v) is 2.83. The van der Waals surface area contributed by atoms with Crippen LogP contribution < -0.4 is 4.90 Å². The smallest absolute Gasteiger partial charge is 0.0998 e. The normalized spacial score (nSPS) is 11.2. The Hall–Kier alpha value is -2.96. The molecule has 0 saturated carbocycles. The number of rotatable bonds is 4. The first-order valence-corrected chi connectivity index (χ1v) is 8.29. The summed E-state index contributed by atoms with van der Waals surface area (Å²) in [6, 6.07) is 21.9. The molecule has 124 valence electrons. The van der Waals surface area contributed by atoms with E-state index >= 15 is 0 Å². The number of allylic oxidation sites excluding steroid dienone is 1. The largest absolute Gasteiger partial charge is 0.378 e. The van der Waals surface area contributed by atoms with E-state index in [1.165, 1.54) is 0 Å². The van der Waals surface area contributed by atoms with Crippen LogP contribution >= 0.6 is 11.6 Å². The lowest BCUT2D eigenvalue weighted by Crippen LogP contribution is -2.08. The second-order valence-corrected chi connectivity index (χ2v) is 6.33. The van der Waals surface area contributed by atoms with Crippen LogP contribution in [0.1, 0.15) is 11.3 Å². The van der Waals surface area contributed by atoms with Crippen molar-refractivity contribution >= 4 is 28.9 Å². The number of benzene rings is 2. The van der Waals surface area contributed by atoms with Gasteiger partial charge in [-0.2, -0.15) is 5.26 Å². The van der Waals surface area contributed by atoms with Gasteiger partial charge in [-0.15, -0.1) is 0 Å². The van der Waals surface area contributed by atoms with Crippen molar-refractivity contribution in [1.82, 2.24) is 4.57 Å². The van der Waals surface area contributed by atoms with Crippen molar-refractivity contribution in [2.45, 2.75) is 0 Å². The van der Waals surface area contributed by atoms with Gasteiger partial charge in [-0.3, -0.25) is 0 Å². The Morgan fingerprint density at radius 3 is 2.48 bits per heavy atom. The monoisotopic (exact) mass is 347 g/mol. The molecule has 0 N–H and O–H groups in total. The van der Waals surface area contributed by atoms with E-state index in [1.54, 1.807) is 12.1 Å². The van der Waals surface area contributed by atoms with Crippen LogP contribution in [0.5, 0.6) is 0 Å². The third kappa shape index (κ3) is 3.76. The molecule has 0 fully saturated rings. The summed E-state index contributed by atoms with van der Waals surface area (Å²) in [6.45, 7) is 0. The molecule has 0 aliphatic heterocycles. The van der Waals surface area contributed by atoms with E-state index in [2.05, 4.69) is 39.8 Å². The van der Waals surface area contributed by atoms with Gasteiger partial charge in [0, 0.05) is 42.4 Å². The van der Waals surface area contributed by atoms with E-state index in [0.717, 1.165) is 22.6 Å². The average molecular weight is 348 g/mol. The molecule has 2 aromatic carbocycles. The Morgan fingerprint density at radius 2 is 1.84 bits per heavy atom. The maximum atomic E-state index is 9.55. The SMILES string of the molecule is CN(C)c1ccc(-n2cccc2/C=C(/C#N)c2cccc(Cl)c2)cc1. The average Bonchev–Trinajstić information content (AvgIpc) is 3.08. The number of nitrogens with zero attached hydrogens (tertiary/aromatic N) is 3. The topological polar surface area (TPSA) is 32.0 Å². The second kappa shape index (κ2) is 7.29. The predicted molar refractivity (Wildman–Crippen MR) is 105 cm³/mol. The molecule has 0 amide bonds. The number of hydrogen-bond acceptors (Lipinski definition) is 2. The Morgan fingerprint density at radius 1 is 1.08 bits per heavy atom. The van der Waals surface area contributed by atoms with E-state index in [9.17, 15) is 5.26 Å².